The number of hydrogen-bond acceptors (Lipinski definition) is 3. The lowest BCUT2D eigenvalue weighted by Crippen LogP contribution is -2.02. The Labute approximate surface area is 112 Å². The van der Waals surface area contributed by atoms with Crippen LogP contribution in [0.25, 0.3) is 4.98 Å². The van der Waals surface area contributed by atoms with Crippen LogP contribution in [0.3, 0.4) is 0 Å². The van der Waals surface area contributed by atoms with Gasteiger partial charge < -0.3 is 17.3 Å². The SMILES string of the molecule is F[B-](F)(F)F.N#[N+]c1c(Cl)cc(Cl)c2c1N=S=N2. The molecule has 96 valence electrons. The average molecular weight is 319 g/mol. The van der Waals surface area contributed by atoms with Crippen LogP contribution >= 0.6 is 23.2 Å². The van der Waals surface area contributed by atoms with E-state index in [4.69, 9.17) is 28.6 Å². The summed E-state index contributed by atoms with van der Waals surface area (Å²) in [6.07, 6.45) is 0. The van der Waals surface area contributed by atoms with Gasteiger partial charge in [0.15, 0.2) is 4.98 Å². The zero-order chi connectivity index (χ0) is 13.9. The summed E-state index contributed by atoms with van der Waals surface area (Å²) in [5, 5.41) is 9.32. The van der Waals surface area contributed by atoms with E-state index in [1.54, 1.807) is 0 Å². The average Bonchev–Trinajstić information content (AvgIpc) is 2.64. The molecule has 1 heterocycles. The second kappa shape index (κ2) is 5.64. The third-order valence-corrected chi connectivity index (χ3v) is 2.62. The van der Waals surface area contributed by atoms with Crippen LogP contribution in [0.1, 0.15) is 0 Å². The van der Waals surface area contributed by atoms with Crippen molar-refractivity contribution in [3.05, 3.63) is 21.1 Å². The van der Waals surface area contributed by atoms with Gasteiger partial charge >= 0.3 is 12.9 Å². The Hall–Kier alpha value is -1.18. The van der Waals surface area contributed by atoms with Crippen LogP contribution in [0.2, 0.25) is 10.0 Å². The summed E-state index contributed by atoms with van der Waals surface area (Å²) in [5.41, 5.74) is 1.13. The van der Waals surface area contributed by atoms with Crippen LogP contribution in [0, 0.1) is 5.39 Å². The summed E-state index contributed by atoms with van der Waals surface area (Å²) in [4.78, 5) is 3.03. The molecular formula is C6HBCl2F4N4S. The van der Waals surface area contributed by atoms with Crippen molar-refractivity contribution >= 4 is 58.9 Å². The van der Waals surface area contributed by atoms with Crippen molar-refractivity contribution in [2.24, 2.45) is 8.73 Å². The standard InChI is InChI=1S/C6HCl2N4S.BF4/c7-2-1-3(8)5-6(4(2)10-9)12-13-11-5;2-1(3,4)5/h1H;/q+1;-1. The van der Waals surface area contributed by atoms with Crippen molar-refractivity contribution in [1.82, 2.24) is 0 Å². The number of nitrogens with zero attached hydrogens (tertiary/aromatic N) is 4. The summed E-state index contributed by atoms with van der Waals surface area (Å²) in [6.45, 7) is 0. The molecule has 0 bridgehead atoms. The lowest BCUT2D eigenvalue weighted by atomic mass is 10.2. The molecule has 1 aromatic rings. The van der Waals surface area contributed by atoms with Gasteiger partial charge in [-0.3, -0.25) is 0 Å². The fraction of sp³-hybridized carbons (Fsp3) is 0. The van der Waals surface area contributed by atoms with Gasteiger partial charge in [0, 0.05) is 0 Å². The van der Waals surface area contributed by atoms with E-state index in [0.717, 1.165) is 11.4 Å². The van der Waals surface area contributed by atoms with Gasteiger partial charge in [0.25, 0.3) is 0 Å². The molecule has 0 aromatic heterocycles. The first-order chi connectivity index (χ1) is 8.24. The van der Waals surface area contributed by atoms with Gasteiger partial charge in [-0.25, -0.2) is 0 Å². The van der Waals surface area contributed by atoms with Gasteiger partial charge in [-0.15, -0.1) is 0 Å². The number of hydrogen-bond donors (Lipinski definition) is 0. The topological polar surface area (TPSA) is 52.9 Å². The number of fused-ring (bicyclic) bond motifs is 1. The minimum atomic E-state index is -6.00. The molecule has 2 rings (SSSR count). The lowest BCUT2D eigenvalue weighted by molar-refractivity contribution is 0.368. The summed E-state index contributed by atoms with van der Waals surface area (Å²) >= 11 is 12.6. The first-order valence-electron chi connectivity index (χ1n) is 4.06. The van der Waals surface area contributed by atoms with Crippen LogP contribution in [0.15, 0.2) is 14.8 Å². The Balaban J connectivity index is 0.000000280. The molecule has 0 saturated heterocycles. The highest BCUT2D eigenvalue weighted by molar-refractivity contribution is 7.58. The van der Waals surface area contributed by atoms with E-state index in [9.17, 15) is 17.3 Å². The third kappa shape index (κ3) is 3.94. The van der Waals surface area contributed by atoms with Crippen LogP contribution in [0.4, 0.5) is 34.3 Å². The molecule has 1 aromatic carbocycles. The first-order valence-corrected chi connectivity index (χ1v) is 5.55. The molecule has 4 nitrogen and oxygen atoms in total. The minimum absolute atomic E-state index is 0.204. The van der Waals surface area contributed by atoms with E-state index >= 15 is 0 Å². The number of benzene rings is 1. The molecule has 0 spiro atoms. The molecule has 0 atom stereocenters. The number of rotatable bonds is 0. The van der Waals surface area contributed by atoms with Crippen LogP contribution in [-0.4, -0.2) is 7.25 Å². The molecule has 0 unspecified atom stereocenters. The highest BCUT2D eigenvalue weighted by atomic mass is 35.5. The third-order valence-electron chi connectivity index (χ3n) is 1.52. The van der Waals surface area contributed by atoms with Crippen molar-refractivity contribution < 1.29 is 17.3 Å². The Bertz CT molecular complexity index is 587. The molecule has 0 aliphatic carbocycles. The van der Waals surface area contributed by atoms with Gasteiger partial charge in [0.1, 0.15) is 10.7 Å². The largest absolute Gasteiger partial charge is 0.673 e. The summed E-state index contributed by atoms with van der Waals surface area (Å²) in [6, 6.07) is 1.47. The number of diazo groups is 1. The molecule has 12 heteroatoms. The number of halogens is 6. The summed E-state index contributed by atoms with van der Waals surface area (Å²) in [5.74, 6) is 0. The van der Waals surface area contributed by atoms with E-state index < -0.39 is 7.25 Å². The van der Waals surface area contributed by atoms with Crippen molar-refractivity contribution in [1.29, 1.82) is 5.39 Å². The maximum atomic E-state index is 9.75. The van der Waals surface area contributed by atoms with Gasteiger partial charge in [-0.1, -0.05) is 23.2 Å². The van der Waals surface area contributed by atoms with Gasteiger partial charge in [-0.2, -0.15) is 8.73 Å². The minimum Gasteiger partial charge on any atom is -0.418 e. The Morgan fingerprint density at radius 1 is 1.11 bits per heavy atom. The van der Waals surface area contributed by atoms with Crippen LogP contribution in [0.5, 0.6) is 0 Å². The smallest absolute Gasteiger partial charge is 0.418 e. The molecular weight excluding hydrogens is 318 g/mol. The fourth-order valence-corrected chi connectivity index (χ4v) is 2.10. The predicted octanol–water partition coefficient (Wildman–Crippen LogP) is 5.50. The molecule has 1 aliphatic heterocycles. The summed E-state index contributed by atoms with van der Waals surface area (Å²) in [7, 11) is -6.00. The van der Waals surface area contributed by atoms with E-state index in [0.29, 0.717) is 16.4 Å². The van der Waals surface area contributed by atoms with E-state index in [-0.39, 0.29) is 10.7 Å². The normalized spacial score (nSPS) is 12.1. The monoisotopic (exact) mass is 318 g/mol. The highest BCUT2D eigenvalue weighted by Gasteiger charge is 2.27. The second-order valence-electron chi connectivity index (χ2n) is 2.75. The molecule has 0 fully saturated rings. The molecule has 0 saturated carbocycles. The van der Waals surface area contributed by atoms with E-state index in [2.05, 4.69) is 13.7 Å². The lowest BCUT2D eigenvalue weighted by Gasteiger charge is -1.94. The molecule has 1 aliphatic rings. The first kappa shape index (κ1) is 14.9. The maximum Gasteiger partial charge on any atom is 0.673 e. The zero-order valence-corrected chi connectivity index (χ0v) is 10.4. The van der Waals surface area contributed by atoms with Crippen LogP contribution in [-0.2, 0) is 11.4 Å². The van der Waals surface area contributed by atoms with Crippen molar-refractivity contribution in [3.8, 4) is 0 Å². The Morgan fingerprint density at radius 2 is 1.61 bits per heavy atom. The van der Waals surface area contributed by atoms with Crippen molar-refractivity contribution in [3.63, 3.8) is 0 Å². The second-order valence-corrected chi connectivity index (χ2v) is 4.09. The fourth-order valence-electron chi connectivity index (χ4n) is 0.957. The van der Waals surface area contributed by atoms with Gasteiger partial charge in [-0.05, 0) is 6.07 Å². The van der Waals surface area contributed by atoms with Crippen molar-refractivity contribution in [2.75, 3.05) is 0 Å². The predicted molar refractivity (Wildman–Crippen MR) is 62.9 cm³/mol. The molecule has 0 radical (unpaired) electrons. The van der Waals surface area contributed by atoms with E-state index in [1.807, 2.05) is 0 Å². The zero-order valence-electron chi connectivity index (χ0n) is 8.12. The van der Waals surface area contributed by atoms with Crippen LogP contribution < -0.4 is 0 Å². The van der Waals surface area contributed by atoms with Crippen molar-refractivity contribution in [2.45, 2.75) is 0 Å². The van der Waals surface area contributed by atoms with Gasteiger partial charge in [0.05, 0.1) is 16.4 Å². The maximum absolute atomic E-state index is 9.75. The van der Waals surface area contributed by atoms with E-state index in [1.165, 1.54) is 6.07 Å². The summed E-state index contributed by atoms with van der Waals surface area (Å²) < 4.78 is 46.9. The molecule has 0 N–H and O–H groups in total. The van der Waals surface area contributed by atoms with Gasteiger partial charge in [0.2, 0.25) is 11.1 Å². The quantitative estimate of drug-likeness (QED) is 0.359. The molecule has 18 heavy (non-hydrogen) atoms. The highest BCUT2D eigenvalue weighted by Crippen LogP contribution is 2.48. The molecule has 0 amide bonds. The Kier molecular flexibility index (Phi) is 4.67. The Morgan fingerprint density at radius 3 is 2.11 bits per heavy atom.